The standard InChI is InChI=1S/C17H22ClN5O2.ClH/c1-2-3-8-25-16-21-14(19)13-15(22-16)23(17(24)20-13)10-12-6-4-11(9-18)5-7-12;/h4-7,17,20,24H,2-3,8-10H2,1H3,(H2,19,21,22);1H. The van der Waals surface area contributed by atoms with Gasteiger partial charge in [-0.25, -0.2) is 0 Å². The van der Waals surface area contributed by atoms with Crippen LogP contribution in [-0.4, -0.2) is 28.0 Å². The zero-order chi connectivity index (χ0) is 17.8. The Bertz CT molecular complexity index is 730. The van der Waals surface area contributed by atoms with Crippen molar-refractivity contribution in [1.82, 2.24) is 9.97 Å². The van der Waals surface area contributed by atoms with Gasteiger partial charge in [-0.15, -0.1) is 24.0 Å². The first-order chi connectivity index (χ1) is 12.1. The minimum absolute atomic E-state index is 0. The number of aromatic nitrogens is 2. The number of rotatable bonds is 7. The van der Waals surface area contributed by atoms with E-state index >= 15 is 0 Å². The number of hydrogen-bond acceptors (Lipinski definition) is 7. The predicted octanol–water partition coefficient (Wildman–Crippen LogP) is 3.11. The molecule has 0 bridgehead atoms. The minimum atomic E-state index is -0.926. The van der Waals surface area contributed by atoms with Gasteiger partial charge >= 0.3 is 6.01 Å². The van der Waals surface area contributed by atoms with Gasteiger partial charge in [0.15, 0.2) is 11.6 Å². The van der Waals surface area contributed by atoms with Gasteiger partial charge in [0.25, 0.3) is 0 Å². The summed E-state index contributed by atoms with van der Waals surface area (Å²) in [5.74, 6) is 1.27. The average molecular weight is 400 g/mol. The Kier molecular flexibility index (Phi) is 7.14. The quantitative estimate of drug-likeness (QED) is 0.485. The van der Waals surface area contributed by atoms with Crippen molar-refractivity contribution in [2.45, 2.75) is 38.5 Å². The Balaban J connectivity index is 0.00000243. The zero-order valence-corrected chi connectivity index (χ0v) is 16.1. The van der Waals surface area contributed by atoms with Gasteiger partial charge in [-0.3, -0.25) is 0 Å². The molecule has 0 aliphatic carbocycles. The van der Waals surface area contributed by atoms with Crippen LogP contribution in [0.1, 0.15) is 30.9 Å². The fourth-order valence-corrected chi connectivity index (χ4v) is 2.76. The summed E-state index contributed by atoms with van der Waals surface area (Å²) in [5.41, 5.74) is 8.57. The van der Waals surface area contributed by atoms with E-state index in [1.54, 1.807) is 4.90 Å². The van der Waals surface area contributed by atoms with Gasteiger partial charge in [0.05, 0.1) is 6.61 Å². The maximum Gasteiger partial charge on any atom is 0.320 e. The van der Waals surface area contributed by atoms with Gasteiger partial charge in [0.1, 0.15) is 5.69 Å². The number of nitrogens with zero attached hydrogens (tertiary/aromatic N) is 3. The molecule has 7 nitrogen and oxygen atoms in total. The molecule has 9 heteroatoms. The van der Waals surface area contributed by atoms with Crippen LogP contribution in [0.4, 0.5) is 17.3 Å². The van der Waals surface area contributed by atoms with Crippen LogP contribution in [0.15, 0.2) is 24.3 Å². The number of aliphatic hydroxyl groups excluding tert-OH is 1. The fourth-order valence-electron chi connectivity index (χ4n) is 2.58. The Labute approximate surface area is 163 Å². The molecule has 1 atom stereocenters. The smallest absolute Gasteiger partial charge is 0.320 e. The third-order valence-corrected chi connectivity index (χ3v) is 4.31. The third-order valence-electron chi connectivity index (χ3n) is 4.00. The Morgan fingerprint density at radius 3 is 2.62 bits per heavy atom. The van der Waals surface area contributed by atoms with E-state index < -0.39 is 6.35 Å². The highest BCUT2D eigenvalue weighted by molar-refractivity contribution is 6.17. The minimum Gasteiger partial charge on any atom is -0.463 e. The first-order valence-corrected chi connectivity index (χ1v) is 8.81. The number of aliphatic hydroxyl groups is 1. The first-order valence-electron chi connectivity index (χ1n) is 8.27. The van der Waals surface area contributed by atoms with Crippen LogP contribution in [0.25, 0.3) is 0 Å². The summed E-state index contributed by atoms with van der Waals surface area (Å²) in [6, 6.07) is 8.11. The summed E-state index contributed by atoms with van der Waals surface area (Å²) in [7, 11) is 0. The van der Waals surface area contributed by atoms with Gasteiger partial charge in [-0.2, -0.15) is 9.97 Å². The summed E-state index contributed by atoms with van der Waals surface area (Å²) in [6.07, 6.45) is 1.01. The second-order valence-corrected chi connectivity index (χ2v) is 6.16. The largest absolute Gasteiger partial charge is 0.463 e. The molecule has 0 saturated carbocycles. The molecular weight excluding hydrogens is 377 g/mol. The number of unbranched alkanes of at least 4 members (excludes halogenated alkanes) is 1. The predicted molar refractivity (Wildman–Crippen MR) is 106 cm³/mol. The van der Waals surface area contributed by atoms with Crippen molar-refractivity contribution in [2.24, 2.45) is 0 Å². The highest BCUT2D eigenvalue weighted by Gasteiger charge is 2.32. The van der Waals surface area contributed by atoms with Gasteiger partial charge in [-0.05, 0) is 17.5 Å². The first kappa shape index (κ1) is 20.4. The summed E-state index contributed by atoms with van der Waals surface area (Å²) in [5, 5.41) is 13.2. The lowest BCUT2D eigenvalue weighted by Gasteiger charge is -2.21. The van der Waals surface area contributed by atoms with E-state index in [4.69, 9.17) is 22.1 Å². The number of benzene rings is 1. The Morgan fingerprint density at radius 2 is 1.96 bits per heavy atom. The number of ether oxygens (including phenoxy) is 1. The van der Waals surface area contributed by atoms with Crippen LogP contribution < -0.4 is 20.7 Å². The lowest BCUT2D eigenvalue weighted by molar-refractivity contribution is 0.201. The van der Waals surface area contributed by atoms with Crippen LogP contribution in [-0.2, 0) is 12.4 Å². The molecule has 0 amide bonds. The number of nitrogens with one attached hydrogen (secondary N) is 1. The van der Waals surface area contributed by atoms with Crippen molar-refractivity contribution < 1.29 is 9.84 Å². The molecule has 1 aliphatic rings. The molecule has 3 rings (SSSR count). The summed E-state index contributed by atoms with van der Waals surface area (Å²) in [4.78, 5) is 10.3. The highest BCUT2D eigenvalue weighted by Crippen LogP contribution is 2.37. The van der Waals surface area contributed by atoms with Crippen LogP contribution in [0, 0.1) is 0 Å². The molecule has 1 aromatic carbocycles. The van der Waals surface area contributed by atoms with Crippen molar-refractivity contribution in [1.29, 1.82) is 0 Å². The number of anilines is 3. The molecule has 1 unspecified atom stereocenters. The summed E-state index contributed by atoms with van der Waals surface area (Å²) >= 11 is 5.82. The van der Waals surface area contributed by atoms with Crippen molar-refractivity contribution in [3.8, 4) is 6.01 Å². The van der Waals surface area contributed by atoms with Gasteiger partial charge in [0.2, 0.25) is 6.35 Å². The highest BCUT2D eigenvalue weighted by atomic mass is 35.5. The summed E-state index contributed by atoms with van der Waals surface area (Å²) in [6.45, 7) is 3.08. The van der Waals surface area contributed by atoms with E-state index in [0.717, 1.165) is 24.0 Å². The van der Waals surface area contributed by atoms with E-state index in [-0.39, 0.29) is 24.2 Å². The molecule has 0 saturated heterocycles. The number of hydrogen-bond donors (Lipinski definition) is 3. The molecule has 1 aromatic heterocycles. The molecule has 0 fully saturated rings. The van der Waals surface area contributed by atoms with Gasteiger partial charge in [-0.1, -0.05) is 37.6 Å². The average Bonchev–Trinajstić information content (AvgIpc) is 2.93. The molecule has 1 aliphatic heterocycles. The number of nitrogens with two attached hydrogens (primary N) is 1. The van der Waals surface area contributed by atoms with Crippen LogP contribution in [0.5, 0.6) is 6.01 Å². The van der Waals surface area contributed by atoms with Crippen LogP contribution >= 0.6 is 24.0 Å². The number of alkyl halides is 1. The topological polar surface area (TPSA) is 96.5 Å². The molecule has 142 valence electrons. The monoisotopic (exact) mass is 399 g/mol. The van der Waals surface area contributed by atoms with Crippen molar-refractivity contribution >= 4 is 41.3 Å². The maximum absolute atomic E-state index is 10.3. The van der Waals surface area contributed by atoms with Gasteiger partial charge < -0.3 is 25.8 Å². The zero-order valence-electron chi connectivity index (χ0n) is 14.5. The van der Waals surface area contributed by atoms with Crippen molar-refractivity contribution in [3.63, 3.8) is 0 Å². The fraction of sp³-hybridized carbons (Fsp3) is 0.412. The normalized spacial score (nSPS) is 15.2. The number of halogens is 2. The van der Waals surface area contributed by atoms with E-state index in [1.807, 2.05) is 24.3 Å². The van der Waals surface area contributed by atoms with Crippen molar-refractivity contribution in [2.75, 3.05) is 22.6 Å². The lowest BCUT2D eigenvalue weighted by atomic mass is 10.1. The van der Waals surface area contributed by atoms with E-state index in [0.29, 0.717) is 30.5 Å². The third kappa shape index (κ3) is 4.41. The molecule has 4 N–H and O–H groups in total. The second-order valence-electron chi connectivity index (χ2n) is 5.89. The van der Waals surface area contributed by atoms with Crippen molar-refractivity contribution in [3.05, 3.63) is 35.4 Å². The number of nitrogen functional groups attached to an aromatic ring is 1. The SMILES string of the molecule is CCCCOc1nc(N)c2c(n1)N(Cc1ccc(CCl)cc1)C(O)N2.Cl. The maximum atomic E-state index is 10.3. The van der Waals surface area contributed by atoms with E-state index in [2.05, 4.69) is 22.2 Å². The molecule has 0 radical (unpaired) electrons. The van der Waals surface area contributed by atoms with Crippen LogP contribution in [0.3, 0.4) is 0 Å². The summed E-state index contributed by atoms with van der Waals surface area (Å²) < 4.78 is 5.56. The van der Waals surface area contributed by atoms with E-state index in [9.17, 15) is 5.11 Å². The molecule has 26 heavy (non-hydrogen) atoms. The van der Waals surface area contributed by atoms with E-state index in [1.165, 1.54) is 0 Å². The van der Waals surface area contributed by atoms with Gasteiger partial charge in [0, 0.05) is 12.4 Å². The second kappa shape index (κ2) is 9.12. The number of fused-ring (bicyclic) bond motifs is 1. The molecule has 0 spiro atoms. The molecular formula is C17H23Cl2N5O2. The molecule has 2 heterocycles. The Hall–Kier alpha value is -1.96. The lowest BCUT2D eigenvalue weighted by Crippen LogP contribution is -2.35. The van der Waals surface area contributed by atoms with Crippen LogP contribution in [0.2, 0.25) is 0 Å². The Morgan fingerprint density at radius 1 is 1.27 bits per heavy atom. The molecule has 2 aromatic rings.